The van der Waals surface area contributed by atoms with Crippen LogP contribution in [0.5, 0.6) is 0 Å². The SMILES string of the molecule is CC(=O)O[C@@H]1C2C(C[C@H](OC(C)=O)[C@]3(C)[C@H]4[C@H](C)[C@H]5O[C@]56OC(=O)[C@@](C)(OC(=O)CC(C)C)[C@]6(C)[C@@H]4[C@H](C)[C@@H]23)[C@@]2(C(C)=O)[C@@H](O)[C@H]3O[C@H]3C[C@]2(O)[C@@H]1N. The van der Waals surface area contributed by atoms with Crippen molar-refractivity contribution in [3.8, 4) is 0 Å². The monoisotopic (exact) mass is 745 g/mol. The topological polar surface area (TPSA) is 214 Å². The van der Waals surface area contributed by atoms with Gasteiger partial charge in [-0.3, -0.25) is 19.2 Å². The number of carbonyl (C=O) groups excluding carboxylic acids is 5. The predicted octanol–water partition coefficient (Wildman–Crippen LogP) is 1.83. The highest BCUT2D eigenvalue weighted by atomic mass is 16.8. The Morgan fingerprint density at radius 2 is 1.62 bits per heavy atom. The molecular formula is C39H55NO13. The number of ether oxygens (including phenoxy) is 6. The summed E-state index contributed by atoms with van der Waals surface area (Å²) in [6.07, 6.45) is -5.11. The van der Waals surface area contributed by atoms with Gasteiger partial charge in [0.15, 0.2) is 0 Å². The number of nitrogens with two attached hydrogens (primary N) is 1. The van der Waals surface area contributed by atoms with Crippen molar-refractivity contribution in [1.82, 2.24) is 0 Å². The van der Waals surface area contributed by atoms with Gasteiger partial charge in [0, 0.05) is 38.0 Å². The fraction of sp³-hybridized carbons (Fsp3) is 0.872. The van der Waals surface area contributed by atoms with Gasteiger partial charge in [-0.25, -0.2) is 4.79 Å². The Morgan fingerprint density at radius 1 is 0.981 bits per heavy atom. The third-order valence-corrected chi connectivity index (χ3v) is 16.3. The molecule has 14 heteroatoms. The van der Waals surface area contributed by atoms with Gasteiger partial charge in [0.05, 0.1) is 29.1 Å². The first kappa shape index (κ1) is 37.3. The molecule has 3 heterocycles. The summed E-state index contributed by atoms with van der Waals surface area (Å²) >= 11 is 0. The van der Waals surface area contributed by atoms with Gasteiger partial charge >= 0.3 is 23.9 Å². The molecule has 294 valence electrons. The Balaban J connectivity index is 1.35. The molecule has 3 aliphatic heterocycles. The van der Waals surface area contributed by atoms with Gasteiger partial charge in [-0.1, -0.05) is 34.6 Å². The minimum Gasteiger partial charge on any atom is -0.462 e. The molecule has 2 unspecified atom stereocenters. The van der Waals surface area contributed by atoms with Gasteiger partial charge in [0.2, 0.25) is 5.60 Å². The lowest BCUT2D eigenvalue weighted by Gasteiger charge is -2.68. The van der Waals surface area contributed by atoms with Crippen LogP contribution < -0.4 is 5.73 Å². The Kier molecular flexibility index (Phi) is 7.75. The van der Waals surface area contributed by atoms with E-state index in [9.17, 15) is 34.2 Å². The lowest BCUT2D eigenvalue weighted by atomic mass is 9.38. The van der Waals surface area contributed by atoms with E-state index in [2.05, 4.69) is 0 Å². The van der Waals surface area contributed by atoms with Crippen molar-refractivity contribution in [1.29, 1.82) is 0 Å². The Morgan fingerprint density at radius 3 is 2.21 bits per heavy atom. The maximum absolute atomic E-state index is 14.3. The molecule has 8 rings (SSSR count). The molecule has 4 N–H and O–H groups in total. The first-order valence-corrected chi connectivity index (χ1v) is 19.3. The van der Waals surface area contributed by atoms with E-state index in [1.165, 1.54) is 20.8 Å². The molecule has 8 fully saturated rings. The van der Waals surface area contributed by atoms with Crippen LogP contribution in [0.15, 0.2) is 0 Å². The molecule has 8 aliphatic rings. The molecule has 14 nitrogen and oxygen atoms in total. The summed E-state index contributed by atoms with van der Waals surface area (Å²) in [5, 5.41) is 25.0. The molecule has 5 saturated carbocycles. The normalized spacial score (nSPS) is 56.5. The number of aliphatic hydroxyl groups excluding tert-OH is 1. The fourth-order valence-electron chi connectivity index (χ4n) is 14.5. The van der Waals surface area contributed by atoms with Gasteiger partial charge in [-0.15, -0.1) is 0 Å². The van der Waals surface area contributed by atoms with Crippen molar-refractivity contribution in [2.75, 3.05) is 0 Å². The minimum absolute atomic E-state index is 0.0321. The van der Waals surface area contributed by atoms with Crippen LogP contribution in [0.25, 0.3) is 0 Å². The largest absolute Gasteiger partial charge is 0.462 e. The van der Waals surface area contributed by atoms with E-state index in [4.69, 9.17) is 34.2 Å². The molecule has 53 heavy (non-hydrogen) atoms. The molecule has 20 atom stereocenters. The van der Waals surface area contributed by atoms with Crippen molar-refractivity contribution in [2.24, 2.45) is 69.3 Å². The fourth-order valence-corrected chi connectivity index (χ4v) is 14.5. The Hall–Kier alpha value is -2.65. The van der Waals surface area contributed by atoms with Crippen LogP contribution in [-0.2, 0) is 52.4 Å². The quantitative estimate of drug-likeness (QED) is 0.201. The minimum atomic E-state index is -2.03. The zero-order chi connectivity index (χ0) is 38.9. The molecular weight excluding hydrogens is 690 g/mol. The van der Waals surface area contributed by atoms with Gasteiger partial charge in [0.25, 0.3) is 5.79 Å². The summed E-state index contributed by atoms with van der Waals surface area (Å²) in [5.41, 5.74) is -0.740. The van der Waals surface area contributed by atoms with Crippen LogP contribution in [-0.4, -0.2) is 99.5 Å². The number of ketones is 1. The van der Waals surface area contributed by atoms with E-state index < -0.39 is 135 Å². The van der Waals surface area contributed by atoms with Crippen molar-refractivity contribution in [2.45, 2.75) is 148 Å². The van der Waals surface area contributed by atoms with Crippen LogP contribution in [0.4, 0.5) is 0 Å². The summed E-state index contributed by atoms with van der Waals surface area (Å²) in [7, 11) is 0. The lowest BCUT2D eigenvalue weighted by Crippen LogP contribution is -2.82. The van der Waals surface area contributed by atoms with Crippen LogP contribution >= 0.6 is 0 Å². The summed E-state index contributed by atoms with van der Waals surface area (Å²) in [6.45, 7) is 17.3. The van der Waals surface area contributed by atoms with E-state index in [0.717, 1.165) is 0 Å². The van der Waals surface area contributed by atoms with Crippen molar-refractivity contribution >= 4 is 29.7 Å². The van der Waals surface area contributed by atoms with Crippen molar-refractivity contribution in [3.05, 3.63) is 0 Å². The maximum Gasteiger partial charge on any atom is 0.353 e. The van der Waals surface area contributed by atoms with Crippen LogP contribution in [0, 0.1) is 63.6 Å². The van der Waals surface area contributed by atoms with Crippen molar-refractivity contribution in [3.63, 3.8) is 0 Å². The number of aliphatic hydroxyl groups is 2. The zero-order valence-corrected chi connectivity index (χ0v) is 32.2. The van der Waals surface area contributed by atoms with E-state index in [1.807, 2.05) is 41.5 Å². The van der Waals surface area contributed by atoms with Gasteiger partial charge < -0.3 is 44.4 Å². The molecule has 3 saturated heterocycles. The smallest absolute Gasteiger partial charge is 0.353 e. The molecule has 0 aromatic rings. The third kappa shape index (κ3) is 4.10. The van der Waals surface area contributed by atoms with Gasteiger partial charge in [-0.05, 0) is 68.6 Å². The Labute approximate surface area is 309 Å². The second-order valence-corrected chi connectivity index (χ2v) is 18.8. The lowest BCUT2D eigenvalue weighted by molar-refractivity contribution is -0.284. The number of epoxide rings is 2. The molecule has 0 aromatic heterocycles. The first-order chi connectivity index (χ1) is 24.5. The van der Waals surface area contributed by atoms with Crippen LogP contribution in [0.2, 0.25) is 0 Å². The van der Waals surface area contributed by atoms with E-state index in [1.54, 1.807) is 6.92 Å². The highest BCUT2D eigenvalue weighted by molar-refractivity contribution is 5.88. The second kappa shape index (κ2) is 11.0. The number of esters is 4. The highest BCUT2D eigenvalue weighted by Gasteiger charge is 2.93. The summed E-state index contributed by atoms with van der Waals surface area (Å²) in [6, 6.07) is -1.30. The van der Waals surface area contributed by atoms with Gasteiger partial charge in [-0.2, -0.15) is 0 Å². The first-order valence-electron chi connectivity index (χ1n) is 19.3. The molecule has 1 spiro atoms. The van der Waals surface area contributed by atoms with E-state index in [-0.39, 0.29) is 37.0 Å². The molecule has 0 bridgehead atoms. The van der Waals surface area contributed by atoms with E-state index in [0.29, 0.717) is 0 Å². The van der Waals surface area contributed by atoms with E-state index >= 15 is 0 Å². The number of fused-ring (bicyclic) bond motifs is 9. The Bertz CT molecular complexity index is 1680. The average molecular weight is 746 g/mol. The molecule has 5 aliphatic carbocycles. The summed E-state index contributed by atoms with van der Waals surface area (Å²) < 4.78 is 37.2. The molecule has 0 radical (unpaired) electrons. The predicted molar refractivity (Wildman–Crippen MR) is 181 cm³/mol. The number of hydrogen-bond donors (Lipinski definition) is 3. The average Bonchev–Trinajstić information content (AvgIpc) is 3.93. The number of hydrogen-bond acceptors (Lipinski definition) is 14. The van der Waals surface area contributed by atoms with Gasteiger partial charge in [0.1, 0.15) is 35.8 Å². The summed E-state index contributed by atoms with van der Waals surface area (Å²) in [5.74, 6) is -7.91. The van der Waals surface area contributed by atoms with Crippen molar-refractivity contribution < 1.29 is 62.6 Å². The molecule has 0 amide bonds. The number of carbonyl (C=O) groups is 5. The highest BCUT2D eigenvalue weighted by Crippen LogP contribution is 2.82. The number of rotatable bonds is 6. The maximum atomic E-state index is 14.3. The second-order valence-electron chi connectivity index (χ2n) is 18.8. The molecule has 0 aromatic carbocycles. The summed E-state index contributed by atoms with van der Waals surface area (Å²) in [4.78, 5) is 68.0. The van der Waals surface area contributed by atoms with Crippen LogP contribution in [0.3, 0.4) is 0 Å². The van der Waals surface area contributed by atoms with Crippen LogP contribution in [0.1, 0.15) is 88.5 Å². The number of Topliss-reactive ketones (excluding diaryl/α,β-unsaturated/α-hetero) is 1. The zero-order valence-electron chi connectivity index (χ0n) is 32.2. The third-order valence-electron chi connectivity index (χ3n) is 16.3. The standard InChI is InChI=1S/C39H55NO13/c1-14(2)11-23(44)51-36(10)33(46)53-39-32(52-39)16(4)26-27(35(36,39)9)15(3)25-24-20(12-22(34(25,26)8)48-18(6)42)38(17(5)41)31(45)28-21(50-28)13-37(38,47)30(40)29(24)49-19(7)43/h14-16,20-22,24-32,45,47H,11-13,40H2,1-10H3/t15-,16+,20?,21+,22+,24?,25+,26+,27-,28+,29-,30-,31+,32-,34+,35+,36-,37+,38+,39+/m1/s1.